The van der Waals surface area contributed by atoms with Crippen LogP contribution in [0.5, 0.6) is 5.88 Å². The standard InChI is InChI=1S/C42H57N7O8S.3C2H6.3H2/c1-8-11-27-14-15-31-30(21-27)35(45-38-43-18-19-48(31)38)56-29-22-32-34(50)46-42(37(52)47-58(54,55)41(7)16-17-41)23-28(42)13-10-9-12-25(2)20-26(3)33(36(51)49(32)24-29)44-39(53)57-40(4,5)6;3*1-2;;;/h10,13-15,18-19,21,25-26,28-29,32-33H,8-9,11-12,16-17,20,22-24H2,1-7H3,(H,44,53)(H,46,50)(H,47,52);3*1-2H3;3*1H/b13-10-;;;;;;/t25-,26+,28+,29+,32-,33-,42+;;;;;;/m0....../s1. The summed E-state index contributed by atoms with van der Waals surface area (Å²) < 4.78 is 41.9. The van der Waals surface area contributed by atoms with Gasteiger partial charge in [-0.15, -0.1) is 0 Å². The highest BCUT2D eigenvalue weighted by Crippen LogP contribution is 2.47. The van der Waals surface area contributed by atoms with Gasteiger partial charge in [-0.05, 0) is 102 Å². The Hall–Kier alpha value is -4.73. The average molecular weight is 916 g/mol. The Morgan fingerprint density at radius 1 is 1.05 bits per heavy atom. The fraction of sp³-hybridized carbons (Fsp3) is 0.667. The van der Waals surface area contributed by atoms with Crippen molar-refractivity contribution in [1.29, 1.82) is 0 Å². The molecular weight excluding hydrogens is 835 g/mol. The van der Waals surface area contributed by atoms with Crippen LogP contribution < -0.4 is 20.1 Å². The van der Waals surface area contributed by atoms with Crippen LogP contribution in [0.4, 0.5) is 4.79 Å². The maximum Gasteiger partial charge on any atom is 0.408 e. The monoisotopic (exact) mass is 916 g/mol. The molecule has 0 bridgehead atoms. The Labute approximate surface area is 385 Å². The number of allylic oxidation sites excluding steroid dienone is 1. The first-order valence-electron chi connectivity index (χ1n) is 23.6. The zero-order chi connectivity index (χ0) is 47.8. The summed E-state index contributed by atoms with van der Waals surface area (Å²) in [6.07, 6.45) is 10.8. The second-order valence-electron chi connectivity index (χ2n) is 18.2. The molecule has 0 spiro atoms. The van der Waals surface area contributed by atoms with Gasteiger partial charge in [0, 0.05) is 29.0 Å². The molecule has 2 aliphatic carbocycles. The Balaban J connectivity index is 0.00000240. The molecule has 7 rings (SSSR count). The third-order valence-electron chi connectivity index (χ3n) is 12.1. The lowest BCUT2D eigenvalue weighted by atomic mass is 9.88. The van der Waals surface area contributed by atoms with Crippen LogP contribution >= 0.6 is 0 Å². The number of aryl methyl sites for hydroxylation is 1. The van der Waals surface area contributed by atoms with E-state index in [-0.39, 0.29) is 35.5 Å². The van der Waals surface area contributed by atoms with Crippen molar-refractivity contribution in [3.63, 3.8) is 0 Å². The highest BCUT2D eigenvalue weighted by molar-refractivity contribution is 7.91. The van der Waals surface area contributed by atoms with Crippen LogP contribution in [0, 0.1) is 17.8 Å². The molecule has 64 heavy (non-hydrogen) atoms. The van der Waals surface area contributed by atoms with Crippen molar-refractivity contribution in [3.05, 3.63) is 48.3 Å². The van der Waals surface area contributed by atoms with Gasteiger partial charge in [-0.3, -0.25) is 23.5 Å². The lowest BCUT2D eigenvalue weighted by Gasteiger charge is -2.33. The van der Waals surface area contributed by atoms with Gasteiger partial charge in [-0.1, -0.05) is 87.0 Å². The second kappa shape index (κ2) is 21.5. The molecule has 1 saturated heterocycles. The highest BCUT2D eigenvalue weighted by atomic mass is 32.2. The van der Waals surface area contributed by atoms with Crippen LogP contribution in [-0.2, 0) is 35.6 Å². The largest absolute Gasteiger partial charge is 0.472 e. The number of nitrogens with one attached hydrogen (secondary N) is 3. The topological polar surface area (TPSA) is 190 Å². The molecular formula is C48H81N7O8S. The molecule has 7 atom stereocenters. The number of benzene rings is 1. The van der Waals surface area contributed by atoms with Gasteiger partial charge in [-0.25, -0.2) is 18.2 Å². The predicted octanol–water partition coefficient (Wildman–Crippen LogP) is 8.78. The second-order valence-corrected chi connectivity index (χ2v) is 20.4. The SMILES string of the molecule is CC.CC.CC.CCCc1ccc2c(c1)c(O[C@@H]1C[C@H]3C(=O)N[C@]4(C(=O)NS(=O)(=O)C5(C)CC5)C[C@H]4/C=C\CC[C@H](C)C[C@@H](C)[C@H](NC(=O)OC(C)(C)C)C(=O)N3C1)nc1nccn12.[HH].[HH].[HH]. The van der Waals surface area contributed by atoms with Gasteiger partial charge in [-0.2, -0.15) is 4.98 Å². The minimum Gasteiger partial charge on any atom is -0.472 e. The molecule has 2 aromatic heterocycles. The molecule has 4 aliphatic rings. The zero-order valence-electron chi connectivity index (χ0n) is 40.5. The Morgan fingerprint density at radius 3 is 2.38 bits per heavy atom. The average Bonchev–Trinajstić information content (AvgIpc) is 4.04. The van der Waals surface area contributed by atoms with Crippen LogP contribution in [-0.4, -0.2) is 92.1 Å². The first-order valence-corrected chi connectivity index (χ1v) is 25.1. The number of rotatable bonds is 8. The van der Waals surface area contributed by atoms with E-state index in [1.807, 2.05) is 83.3 Å². The van der Waals surface area contributed by atoms with Crippen molar-refractivity contribution in [1.82, 2.24) is 34.6 Å². The van der Waals surface area contributed by atoms with Crippen LogP contribution in [0.1, 0.15) is 151 Å². The number of fused-ring (bicyclic) bond motifs is 5. The fourth-order valence-corrected chi connectivity index (χ4v) is 9.72. The number of ether oxygens (including phenoxy) is 2. The van der Waals surface area contributed by atoms with Gasteiger partial charge in [0.15, 0.2) is 0 Å². The number of sulfonamides is 1. The zero-order valence-corrected chi connectivity index (χ0v) is 41.4. The lowest BCUT2D eigenvalue weighted by molar-refractivity contribution is -0.142. The number of hydrogen-bond acceptors (Lipinski definition) is 10. The third-order valence-corrected chi connectivity index (χ3v) is 14.3. The smallest absolute Gasteiger partial charge is 0.408 e. The molecule has 3 fully saturated rings. The summed E-state index contributed by atoms with van der Waals surface area (Å²) in [5.74, 6) is -1.84. The molecule has 0 radical (unpaired) electrons. The van der Waals surface area contributed by atoms with Crippen molar-refractivity contribution >= 4 is 50.5 Å². The van der Waals surface area contributed by atoms with Crippen LogP contribution in [0.15, 0.2) is 42.7 Å². The molecule has 3 N–H and O–H groups in total. The van der Waals surface area contributed by atoms with E-state index < -0.39 is 73.8 Å². The first-order chi connectivity index (χ1) is 30.3. The van der Waals surface area contributed by atoms with E-state index in [0.717, 1.165) is 35.7 Å². The minimum atomic E-state index is -4.01. The van der Waals surface area contributed by atoms with E-state index in [1.54, 1.807) is 33.9 Å². The van der Waals surface area contributed by atoms with Gasteiger partial charge >= 0.3 is 6.09 Å². The van der Waals surface area contributed by atoms with Crippen LogP contribution in [0.25, 0.3) is 16.7 Å². The summed E-state index contributed by atoms with van der Waals surface area (Å²) in [7, 11) is -4.01. The van der Waals surface area contributed by atoms with Gasteiger partial charge in [0.25, 0.3) is 5.91 Å². The Bertz CT molecular complexity index is 2270. The normalized spacial score (nSPS) is 26.9. The molecule has 4 amide bonds. The number of nitrogens with zero attached hydrogens (tertiary/aromatic N) is 4. The van der Waals surface area contributed by atoms with Gasteiger partial charge in [0.05, 0.1) is 22.2 Å². The number of aromatic nitrogens is 3. The summed E-state index contributed by atoms with van der Waals surface area (Å²) in [4.78, 5) is 67.5. The van der Waals surface area contributed by atoms with Crippen molar-refractivity contribution in [2.75, 3.05) is 6.54 Å². The van der Waals surface area contributed by atoms with Crippen LogP contribution in [0.3, 0.4) is 0 Å². The lowest BCUT2D eigenvalue weighted by Crippen LogP contribution is -2.59. The first kappa shape index (κ1) is 51.9. The number of imidazole rings is 1. The summed E-state index contributed by atoms with van der Waals surface area (Å²) in [5.41, 5.74) is -0.428. The van der Waals surface area contributed by atoms with E-state index >= 15 is 0 Å². The van der Waals surface area contributed by atoms with Crippen molar-refractivity contribution < 1.29 is 41.3 Å². The van der Waals surface area contributed by atoms with Gasteiger partial charge < -0.3 is 25.0 Å². The summed E-state index contributed by atoms with van der Waals surface area (Å²) in [5, 5.41) is 6.51. The summed E-state index contributed by atoms with van der Waals surface area (Å²) in [6.45, 7) is 24.9. The van der Waals surface area contributed by atoms with Crippen LogP contribution in [0.2, 0.25) is 0 Å². The molecule has 3 aromatic rings. The number of carbonyl (C=O) groups excluding carboxylic acids is 4. The summed E-state index contributed by atoms with van der Waals surface area (Å²) >= 11 is 0. The Morgan fingerprint density at radius 2 is 1.73 bits per heavy atom. The van der Waals surface area contributed by atoms with Crippen molar-refractivity contribution in [3.8, 4) is 5.88 Å². The molecule has 15 nitrogen and oxygen atoms in total. The molecule has 2 aliphatic heterocycles. The number of carbonyl (C=O) groups is 4. The number of alkyl carbamates (subject to hydrolysis) is 1. The molecule has 2 saturated carbocycles. The van der Waals surface area contributed by atoms with E-state index in [4.69, 9.17) is 14.5 Å². The molecule has 16 heteroatoms. The maximum atomic E-state index is 14.9. The predicted molar refractivity (Wildman–Crippen MR) is 258 cm³/mol. The quantitative estimate of drug-likeness (QED) is 0.184. The molecule has 362 valence electrons. The maximum absolute atomic E-state index is 14.9. The van der Waals surface area contributed by atoms with E-state index in [1.165, 1.54) is 4.90 Å². The van der Waals surface area contributed by atoms with Gasteiger partial charge in [0.2, 0.25) is 33.5 Å². The molecule has 4 heterocycles. The van der Waals surface area contributed by atoms with E-state index in [9.17, 15) is 27.6 Å². The molecule has 0 unspecified atom stereocenters. The minimum absolute atomic E-state index is 0. The van der Waals surface area contributed by atoms with E-state index in [2.05, 4.69) is 40.3 Å². The third kappa shape index (κ3) is 11.7. The molecule has 1 aromatic carbocycles. The fourth-order valence-electron chi connectivity index (χ4n) is 8.41. The van der Waals surface area contributed by atoms with Gasteiger partial charge in [0.1, 0.15) is 29.3 Å². The highest BCUT2D eigenvalue weighted by Gasteiger charge is 2.63. The number of hydrogen-bond donors (Lipinski definition) is 3. The summed E-state index contributed by atoms with van der Waals surface area (Å²) in [6, 6.07) is 3.91. The van der Waals surface area contributed by atoms with E-state index in [0.29, 0.717) is 37.3 Å². The number of amides is 4. The Kier molecular flexibility index (Phi) is 17.4. The van der Waals surface area contributed by atoms with Crippen molar-refractivity contribution in [2.24, 2.45) is 17.8 Å². The van der Waals surface area contributed by atoms with Crippen molar-refractivity contribution in [2.45, 2.75) is 182 Å².